The molecule has 0 fully saturated rings. The number of ketones is 1. The first kappa shape index (κ1) is 19.2. The first-order valence-electron chi connectivity index (χ1n) is 9.53. The molecule has 0 unspecified atom stereocenters. The number of nitrogens with zero attached hydrogens (tertiary/aromatic N) is 2. The van der Waals surface area contributed by atoms with Crippen molar-refractivity contribution in [3.05, 3.63) is 86.2 Å². The molecule has 0 saturated heterocycles. The fourth-order valence-electron chi connectivity index (χ4n) is 3.94. The number of para-hydroxylation sites is 1. The van der Waals surface area contributed by atoms with E-state index in [-0.39, 0.29) is 33.4 Å². The predicted molar refractivity (Wildman–Crippen MR) is 116 cm³/mol. The summed E-state index contributed by atoms with van der Waals surface area (Å²) < 4.78 is 5.87. The topological polar surface area (TPSA) is 101 Å². The Morgan fingerprint density at radius 2 is 1.94 bits per heavy atom. The summed E-state index contributed by atoms with van der Waals surface area (Å²) in [5.41, 5.74) is 1.23. The molecule has 31 heavy (non-hydrogen) atoms. The molecular weight excluding hydrogens is 416 g/mol. The number of amides is 1. The first-order valence-corrected chi connectivity index (χ1v) is 10.3. The van der Waals surface area contributed by atoms with Crippen LogP contribution in [0.25, 0.3) is 11.0 Å². The SMILES string of the molecule is CC(=O)c1sc(N2C(=O)c3oc4ccccc4c(=O)c3[C@H]2c2cccc(O)c2)nc1C. The van der Waals surface area contributed by atoms with Gasteiger partial charge in [0, 0.05) is 6.92 Å². The van der Waals surface area contributed by atoms with Crippen molar-refractivity contribution in [3.63, 3.8) is 0 Å². The minimum atomic E-state index is -0.846. The lowest BCUT2D eigenvalue weighted by molar-refractivity contribution is 0.0969. The molecule has 0 aliphatic carbocycles. The Labute approximate surface area is 180 Å². The van der Waals surface area contributed by atoms with Gasteiger partial charge in [0.15, 0.2) is 16.3 Å². The van der Waals surface area contributed by atoms with Gasteiger partial charge in [0.2, 0.25) is 5.76 Å². The molecule has 154 valence electrons. The normalized spacial score (nSPS) is 15.5. The molecule has 1 N–H and O–H groups in total. The summed E-state index contributed by atoms with van der Waals surface area (Å²) >= 11 is 1.09. The molecule has 0 bridgehead atoms. The Hall–Kier alpha value is -3.78. The molecule has 0 radical (unpaired) electrons. The van der Waals surface area contributed by atoms with Crippen molar-refractivity contribution in [2.45, 2.75) is 19.9 Å². The van der Waals surface area contributed by atoms with E-state index < -0.39 is 11.9 Å². The van der Waals surface area contributed by atoms with Gasteiger partial charge >= 0.3 is 0 Å². The zero-order valence-corrected chi connectivity index (χ0v) is 17.4. The van der Waals surface area contributed by atoms with Gasteiger partial charge < -0.3 is 9.52 Å². The second-order valence-corrected chi connectivity index (χ2v) is 8.29. The van der Waals surface area contributed by atoms with Crippen LogP contribution in [0.15, 0.2) is 57.7 Å². The number of thiazole rings is 1. The fraction of sp³-hybridized carbons (Fsp3) is 0.130. The molecule has 0 spiro atoms. The number of hydrogen-bond acceptors (Lipinski definition) is 7. The molecule has 7 nitrogen and oxygen atoms in total. The van der Waals surface area contributed by atoms with Gasteiger partial charge in [-0.05, 0) is 36.8 Å². The van der Waals surface area contributed by atoms with E-state index in [2.05, 4.69) is 4.98 Å². The summed E-state index contributed by atoms with van der Waals surface area (Å²) in [6, 6.07) is 12.3. The van der Waals surface area contributed by atoms with E-state index in [1.807, 2.05) is 0 Å². The molecule has 1 aliphatic heterocycles. The van der Waals surface area contributed by atoms with E-state index in [0.717, 1.165) is 11.3 Å². The zero-order chi connectivity index (χ0) is 21.9. The molecule has 3 heterocycles. The lowest BCUT2D eigenvalue weighted by Gasteiger charge is -2.22. The van der Waals surface area contributed by atoms with Crippen LogP contribution >= 0.6 is 11.3 Å². The van der Waals surface area contributed by atoms with Gasteiger partial charge in [-0.1, -0.05) is 35.6 Å². The monoisotopic (exact) mass is 432 g/mol. The standard InChI is InChI=1S/C23H16N2O5S/c1-11-21(12(2)26)31-23(24-11)25-18(13-6-5-7-14(27)10-13)17-19(28)15-8-3-4-9-16(15)30-20(17)22(25)29/h3-10,18,27H,1-2H3/t18-/m1/s1. The van der Waals surface area contributed by atoms with Crippen molar-refractivity contribution in [1.82, 2.24) is 4.98 Å². The maximum atomic E-state index is 13.5. The van der Waals surface area contributed by atoms with E-state index in [0.29, 0.717) is 27.1 Å². The highest BCUT2D eigenvalue weighted by Crippen LogP contribution is 2.43. The smallest absolute Gasteiger partial charge is 0.297 e. The van der Waals surface area contributed by atoms with Crippen LogP contribution in [0, 0.1) is 6.92 Å². The van der Waals surface area contributed by atoms with Crippen LogP contribution in [-0.4, -0.2) is 21.8 Å². The summed E-state index contributed by atoms with van der Waals surface area (Å²) in [6.07, 6.45) is 0. The Morgan fingerprint density at radius 1 is 1.16 bits per heavy atom. The van der Waals surface area contributed by atoms with Gasteiger partial charge in [-0.3, -0.25) is 19.3 Å². The molecule has 8 heteroatoms. The molecule has 1 aliphatic rings. The second-order valence-electron chi connectivity index (χ2n) is 7.31. The van der Waals surface area contributed by atoms with Crippen LogP contribution in [0.3, 0.4) is 0 Å². The highest BCUT2D eigenvalue weighted by molar-refractivity contribution is 7.17. The van der Waals surface area contributed by atoms with Crippen molar-refractivity contribution < 1.29 is 19.1 Å². The number of phenolic OH excluding ortho intramolecular Hbond substituents is 1. The zero-order valence-electron chi connectivity index (χ0n) is 16.6. The number of fused-ring (bicyclic) bond motifs is 2. The summed E-state index contributed by atoms with van der Waals surface area (Å²) in [7, 11) is 0. The van der Waals surface area contributed by atoms with Crippen molar-refractivity contribution in [3.8, 4) is 5.75 Å². The average molecular weight is 432 g/mol. The van der Waals surface area contributed by atoms with Crippen LogP contribution in [0.5, 0.6) is 5.75 Å². The van der Waals surface area contributed by atoms with Gasteiger partial charge in [-0.25, -0.2) is 4.98 Å². The number of hydrogen-bond donors (Lipinski definition) is 1. The van der Waals surface area contributed by atoms with E-state index >= 15 is 0 Å². The number of aromatic nitrogens is 1. The summed E-state index contributed by atoms with van der Waals surface area (Å²) in [5.74, 6) is -0.730. The van der Waals surface area contributed by atoms with E-state index in [4.69, 9.17) is 4.42 Å². The number of aryl methyl sites for hydroxylation is 1. The van der Waals surface area contributed by atoms with E-state index in [9.17, 15) is 19.5 Å². The Bertz CT molecular complexity index is 1450. The molecule has 1 atom stereocenters. The Balaban J connectivity index is 1.81. The molecule has 1 amide bonds. The quantitative estimate of drug-likeness (QED) is 0.487. The third-order valence-electron chi connectivity index (χ3n) is 5.27. The van der Waals surface area contributed by atoms with Gasteiger partial charge in [-0.15, -0.1) is 0 Å². The third kappa shape index (κ3) is 2.87. The maximum absolute atomic E-state index is 13.5. The lowest BCUT2D eigenvalue weighted by atomic mass is 9.98. The van der Waals surface area contributed by atoms with E-state index in [1.165, 1.54) is 24.0 Å². The van der Waals surface area contributed by atoms with Gasteiger partial charge in [0.05, 0.1) is 27.6 Å². The largest absolute Gasteiger partial charge is 0.508 e. The summed E-state index contributed by atoms with van der Waals surface area (Å²) in [4.78, 5) is 45.1. The highest BCUT2D eigenvalue weighted by Gasteiger charge is 2.45. The predicted octanol–water partition coefficient (Wildman–Crippen LogP) is 4.22. The fourth-order valence-corrected chi connectivity index (χ4v) is 4.93. The summed E-state index contributed by atoms with van der Waals surface area (Å²) in [6.45, 7) is 3.14. The Morgan fingerprint density at radius 3 is 2.65 bits per heavy atom. The van der Waals surface area contributed by atoms with Gasteiger partial charge in [-0.2, -0.15) is 0 Å². The van der Waals surface area contributed by atoms with Crippen molar-refractivity contribution in [2.24, 2.45) is 0 Å². The summed E-state index contributed by atoms with van der Waals surface area (Å²) in [5, 5.41) is 10.7. The van der Waals surface area contributed by atoms with Crippen LogP contribution in [0.2, 0.25) is 0 Å². The molecular formula is C23H16N2O5S. The number of carbonyl (C=O) groups excluding carboxylic acids is 2. The van der Waals surface area contributed by atoms with Gasteiger partial charge in [0.25, 0.3) is 5.91 Å². The molecule has 5 rings (SSSR count). The van der Waals surface area contributed by atoms with Crippen LogP contribution < -0.4 is 10.3 Å². The lowest BCUT2D eigenvalue weighted by Crippen LogP contribution is -2.29. The van der Waals surface area contributed by atoms with Crippen LogP contribution in [-0.2, 0) is 0 Å². The second kappa shape index (κ2) is 6.88. The maximum Gasteiger partial charge on any atom is 0.297 e. The number of benzene rings is 2. The van der Waals surface area contributed by atoms with E-state index in [1.54, 1.807) is 43.3 Å². The van der Waals surface area contributed by atoms with Crippen molar-refractivity contribution in [2.75, 3.05) is 4.90 Å². The molecule has 2 aromatic carbocycles. The van der Waals surface area contributed by atoms with Crippen LogP contribution in [0.4, 0.5) is 5.13 Å². The first-order chi connectivity index (χ1) is 14.9. The molecule has 0 saturated carbocycles. The number of carbonyl (C=O) groups is 2. The number of rotatable bonds is 3. The Kier molecular flexibility index (Phi) is 4.26. The van der Waals surface area contributed by atoms with Crippen LogP contribution in [0.1, 0.15) is 50.0 Å². The van der Waals surface area contributed by atoms with Crippen molar-refractivity contribution in [1.29, 1.82) is 0 Å². The highest BCUT2D eigenvalue weighted by atomic mass is 32.1. The molecule has 4 aromatic rings. The number of Topliss-reactive ketones (excluding diaryl/α,β-unsaturated/α-hetero) is 1. The third-order valence-corrected chi connectivity index (χ3v) is 6.53. The average Bonchev–Trinajstić information content (AvgIpc) is 3.26. The van der Waals surface area contributed by atoms with Crippen molar-refractivity contribution >= 4 is 39.1 Å². The molecule has 2 aromatic heterocycles. The minimum absolute atomic E-state index is 0.00303. The number of phenols is 1. The minimum Gasteiger partial charge on any atom is -0.508 e. The van der Waals surface area contributed by atoms with Gasteiger partial charge in [0.1, 0.15) is 11.3 Å². The number of aromatic hydroxyl groups is 1. The number of anilines is 1.